The smallest absolute Gasteiger partial charge is 0.320 e. The summed E-state index contributed by atoms with van der Waals surface area (Å²) in [4.78, 5) is 19.5. The van der Waals surface area contributed by atoms with Gasteiger partial charge in [-0.15, -0.1) is 0 Å². The highest BCUT2D eigenvalue weighted by Gasteiger charge is 2.08. The van der Waals surface area contributed by atoms with Crippen molar-refractivity contribution in [2.24, 2.45) is 0 Å². The van der Waals surface area contributed by atoms with Gasteiger partial charge in [-0.2, -0.15) is 9.97 Å². The Morgan fingerprint density at radius 1 is 1.05 bits per heavy atom. The molecular weight excluding hydrogens is 244 g/mol. The van der Waals surface area contributed by atoms with E-state index >= 15 is 0 Å². The lowest BCUT2D eigenvalue weighted by atomic mass is 10.1. The van der Waals surface area contributed by atoms with Crippen molar-refractivity contribution in [2.45, 2.75) is 6.92 Å². The summed E-state index contributed by atoms with van der Waals surface area (Å²) in [6.07, 6.45) is 0. The van der Waals surface area contributed by atoms with Gasteiger partial charge in [0.1, 0.15) is 0 Å². The first kappa shape index (κ1) is 13.0. The molecule has 1 heterocycles. The monoisotopic (exact) mass is 258 g/mol. The molecule has 0 radical (unpaired) electrons. The number of nitrogens with zero attached hydrogens (tertiary/aromatic N) is 2. The molecule has 0 bridgehead atoms. The second-order valence-corrected chi connectivity index (χ2v) is 3.92. The van der Waals surface area contributed by atoms with Crippen LogP contribution >= 0.6 is 0 Å². The highest BCUT2D eigenvalue weighted by atomic mass is 16.5. The molecule has 1 aromatic heterocycles. The number of hydrogen-bond acceptors (Lipinski definition) is 5. The number of carbonyl (C=O) groups is 1. The summed E-state index contributed by atoms with van der Waals surface area (Å²) in [5.74, 6) is 0.460. The number of ketones is 1. The molecule has 5 heteroatoms. The van der Waals surface area contributed by atoms with Crippen LogP contribution in [0.2, 0.25) is 0 Å². The Hall–Kier alpha value is -2.43. The second kappa shape index (κ2) is 5.48. The summed E-state index contributed by atoms with van der Waals surface area (Å²) in [5, 5.41) is 0. The van der Waals surface area contributed by atoms with Crippen LogP contribution in [0.3, 0.4) is 0 Å². The molecule has 0 aliphatic carbocycles. The van der Waals surface area contributed by atoms with Crippen molar-refractivity contribution in [3.63, 3.8) is 0 Å². The molecule has 1 aromatic carbocycles. The van der Waals surface area contributed by atoms with Crippen molar-refractivity contribution in [3.05, 3.63) is 35.9 Å². The van der Waals surface area contributed by atoms with Crippen LogP contribution < -0.4 is 9.47 Å². The average Bonchev–Trinajstić information content (AvgIpc) is 2.46. The number of ether oxygens (including phenoxy) is 2. The van der Waals surface area contributed by atoms with Crippen molar-refractivity contribution in [2.75, 3.05) is 14.2 Å². The second-order valence-electron chi connectivity index (χ2n) is 3.92. The first-order valence-corrected chi connectivity index (χ1v) is 5.72. The Morgan fingerprint density at radius 3 is 2.26 bits per heavy atom. The van der Waals surface area contributed by atoms with E-state index in [1.807, 2.05) is 12.1 Å². The molecule has 19 heavy (non-hydrogen) atoms. The Balaban J connectivity index is 2.42. The number of Topliss-reactive ketones (excluding diaryl/α,β-unsaturated/α-hetero) is 1. The first-order valence-electron chi connectivity index (χ1n) is 5.72. The lowest BCUT2D eigenvalue weighted by Crippen LogP contribution is -1.97. The van der Waals surface area contributed by atoms with Crippen molar-refractivity contribution >= 4 is 5.78 Å². The number of methoxy groups -OCH3 is 2. The van der Waals surface area contributed by atoms with Crippen LogP contribution in [0.1, 0.15) is 17.3 Å². The van der Waals surface area contributed by atoms with E-state index in [1.54, 1.807) is 18.2 Å². The summed E-state index contributed by atoms with van der Waals surface area (Å²) in [6, 6.07) is 9.14. The van der Waals surface area contributed by atoms with Crippen LogP contribution in [-0.4, -0.2) is 30.0 Å². The highest BCUT2D eigenvalue weighted by molar-refractivity contribution is 5.94. The molecule has 0 N–H and O–H groups in total. The third kappa shape index (κ3) is 2.88. The molecule has 0 saturated carbocycles. The average molecular weight is 258 g/mol. The van der Waals surface area contributed by atoms with Gasteiger partial charge in [0, 0.05) is 17.2 Å². The van der Waals surface area contributed by atoms with Crippen LogP contribution in [0.15, 0.2) is 30.3 Å². The molecule has 2 aromatic rings. The SMILES string of the molecule is COc1cc(-c2ccc(C(C)=O)cc2)nc(OC)n1. The maximum atomic E-state index is 11.2. The van der Waals surface area contributed by atoms with Crippen molar-refractivity contribution < 1.29 is 14.3 Å². The zero-order valence-electron chi connectivity index (χ0n) is 11.0. The summed E-state index contributed by atoms with van der Waals surface area (Å²) in [6.45, 7) is 1.53. The normalized spacial score (nSPS) is 10.1. The van der Waals surface area contributed by atoms with Gasteiger partial charge < -0.3 is 9.47 Å². The molecule has 0 fully saturated rings. The lowest BCUT2D eigenvalue weighted by Gasteiger charge is -2.06. The fraction of sp³-hybridized carbons (Fsp3) is 0.214. The van der Waals surface area contributed by atoms with E-state index in [0.717, 1.165) is 5.56 Å². The van der Waals surface area contributed by atoms with Gasteiger partial charge in [0.15, 0.2) is 5.78 Å². The van der Waals surface area contributed by atoms with E-state index in [2.05, 4.69) is 9.97 Å². The topological polar surface area (TPSA) is 61.3 Å². The number of benzene rings is 1. The predicted molar refractivity (Wildman–Crippen MR) is 70.6 cm³/mol. The quantitative estimate of drug-likeness (QED) is 0.788. The minimum absolute atomic E-state index is 0.0319. The van der Waals surface area contributed by atoms with Gasteiger partial charge >= 0.3 is 6.01 Å². The fourth-order valence-electron chi connectivity index (χ4n) is 1.62. The molecule has 0 saturated heterocycles. The molecule has 0 spiro atoms. The van der Waals surface area contributed by atoms with Gasteiger partial charge in [-0.05, 0) is 6.92 Å². The van der Waals surface area contributed by atoms with E-state index < -0.39 is 0 Å². The Bertz CT molecular complexity index is 572. The van der Waals surface area contributed by atoms with Crippen molar-refractivity contribution in [1.82, 2.24) is 9.97 Å². The number of rotatable bonds is 4. The largest absolute Gasteiger partial charge is 0.481 e. The van der Waals surface area contributed by atoms with E-state index in [4.69, 9.17) is 9.47 Å². The number of hydrogen-bond donors (Lipinski definition) is 0. The van der Waals surface area contributed by atoms with E-state index in [0.29, 0.717) is 17.1 Å². The van der Waals surface area contributed by atoms with Gasteiger partial charge in [0.2, 0.25) is 5.88 Å². The maximum Gasteiger partial charge on any atom is 0.320 e. The minimum atomic E-state index is 0.0319. The summed E-state index contributed by atoms with van der Waals surface area (Å²) < 4.78 is 10.1. The molecule has 2 rings (SSSR count). The summed E-state index contributed by atoms with van der Waals surface area (Å²) in [5.41, 5.74) is 2.21. The van der Waals surface area contributed by atoms with E-state index in [9.17, 15) is 4.79 Å². The molecule has 5 nitrogen and oxygen atoms in total. The van der Waals surface area contributed by atoms with Gasteiger partial charge in [-0.1, -0.05) is 24.3 Å². The van der Waals surface area contributed by atoms with Crippen LogP contribution in [0, 0.1) is 0 Å². The zero-order valence-corrected chi connectivity index (χ0v) is 11.0. The molecule has 98 valence electrons. The van der Waals surface area contributed by atoms with E-state index in [-0.39, 0.29) is 11.8 Å². The maximum absolute atomic E-state index is 11.2. The van der Waals surface area contributed by atoms with Crippen molar-refractivity contribution in [3.8, 4) is 23.1 Å². The van der Waals surface area contributed by atoms with E-state index in [1.165, 1.54) is 21.1 Å². The predicted octanol–water partition coefficient (Wildman–Crippen LogP) is 2.36. The van der Waals surface area contributed by atoms with Gasteiger partial charge in [0.25, 0.3) is 0 Å². The lowest BCUT2D eigenvalue weighted by molar-refractivity contribution is 0.101. The third-order valence-corrected chi connectivity index (χ3v) is 2.66. The molecule has 0 amide bonds. The van der Waals surface area contributed by atoms with Gasteiger partial charge in [0.05, 0.1) is 19.9 Å². The highest BCUT2D eigenvalue weighted by Crippen LogP contribution is 2.23. The Kier molecular flexibility index (Phi) is 3.75. The first-order chi connectivity index (χ1) is 9.13. The molecular formula is C14H14N2O3. The Labute approximate surface area is 111 Å². The zero-order chi connectivity index (χ0) is 13.8. The van der Waals surface area contributed by atoms with Gasteiger partial charge in [-0.25, -0.2) is 0 Å². The summed E-state index contributed by atoms with van der Waals surface area (Å²) in [7, 11) is 3.03. The minimum Gasteiger partial charge on any atom is -0.481 e. The Morgan fingerprint density at radius 2 is 1.74 bits per heavy atom. The fourth-order valence-corrected chi connectivity index (χ4v) is 1.62. The van der Waals surface area contributed by atoms with Crippen LogP contribution in [-0.2, 0) is 0 Å². The molecule has 0 atom stereocenters. The molecule has 0 aliphatic heterocycles. The van der Waals surface area contributed by atoms with Crippen molar-refractivity contribution in [1.29, 1.82) is 0 Å². The van der Waals surface area contributed by atoms with Crippen LogP contribution in [0.25, 0.3) is 11.3 Å². The summed E-state index contributed by atoms with van der Waals surface area (Å²) >= 11 is 0. The third-order valence-electron chi connectivity index (χ3n) is 2.66. The van der Waals surface area contributed by atoms with Crippen LogP contribution in [0.5, 0.6) is 11.9 Å². The number of carbonyl (C=O) groups excluding carboxylic acids is 1. The van der Waals surface area contributed by atoms with Crippen LogP contribution in [0.4, 0.5) is 0 Å². The number of aromatic nitrogens is 2. The molecule has 0 aliphatic rings. The van der Waals surface area contributed by atoms with Gasteiger partial charge in [-0.3, -0.25) is 4.79 Å². The molecule has 0 unspecified atom stereocenters. The standard InChI is InChI=1S/C14H14N2O3/c1-9(17)10-4-6-11(7-5-10)12-8-13(18-2)16-14(15-12)19-3/h4-8H,1-3H3.